The lowest BCUT2D eigenvalue weighted by molar-refractivity contribution is -0.137. The van der Waals surface area contributed by atoms with Crippen molar-refractivity contribution in [1.82, 2.24) is 4.98 Å². The number of nitrogens with zero attached hydrogens (tertiary/aromatic N) is 1. The van der Waals surface area contributed by atoms with Crippen LogP contribution in [0.4, 0.5) is 0 Å². The van der Waals surface area contributed by atoms with Crippen LogP contribution in [0.2, 0.25) is 0 Å². The summed E-state index contributed by atoms with van der Waals surface area (Å²) in [7, 11) is 0. The standard InChI is InChI=1S/C25H27NO5/c1-4-18-9-10-20(17(3)13-18)21-14-19-16-26-23(15-22(19)31-25(21)28)29-11-7-6-8-12-30-24(27)5-2/h5,9-10,13-16H,2,4,6-8,11-12H2,1,3H3. The highest BCUT2D eigenvalue weighted by molar-refractivity contribution is 5.82. The van der Waals surface area contributed by atoms with Gasteiger partial charge in [-0.15, -0.1) is 0 Å². The molecule has 3 aromatic rings. The number of rotatable bonds is 10. The van der Waals surface area contributed by atoms with E-state index in [9.17, 15) is 9.59 Å². The van der Waals surface area contributed by atoms with Crippen molar-refractivity contribution in [3.05, 3.63) is 70.7 Å². The molecule has 0 radical (unpaired) electrons. The topological polar surface area (TPSA) is 78.6 Å². The van der Waals surface area contributed by atoms with E-state index in [1.54, 1.807) is 12.3 Å². The summed E-state index contributed by atoms with van der Waals surface area (Å²) in [5.74, 6) is -0.000590. The number of aromatic nitrogens is 1. The number of fused-ring (bicyclic) bond motifs is 1. The number of esters is 1. The van der Waals surface area contributed by atoms with Crippen molar-refractivity contribution in [3.8, 4) is 17.0 Å². The minimum Gasteiger partial charge on any atom is -0.478 e. The molecule has 0 fully saturated rings. The molecule has 31 heavy (non-hydrogen) atoms. The Bertz CT molecular complexity index is 1130. The number of ether oxygens (including phenoxy) is 2. The largest absolute Gasteiger partial charge is 0.478 e. The molecular weight excluding hydrogens is 394 g/mol. The smallest absolute Gasteiger partial charge is 0.344 e. The quantitative estimate of drug-likeness (QED) is 0.260. The minimum absolute atomic E-state index is 0.368. The highest BCUT2D eigenvalue weighted by Gasteiger charge is 2.12. The summed E-state index contributed by atoms with van der Waals surface area (Å²) in [5.41, 5.74) is 3.72. The van der Waals surface area contributed by atoms with Crippen molar-refractivity contribution in [2.45, 2.75) is 39.5 Å². The maximum atomic E-state index is 12.6. The second kappa shape index (κ2) is 10.6. The number of unbranched alkanes of at least 4 members (excludes halogenated alkanes) is 2. The van der Waals surface area contributed by atoms with E-state index in [0.29, 0.717) is 30.2 Å². The van der Waals surface area contributed by atoms with Gasteiger partial charge < -0.3 is 13.9 Å². The Morgan fingerprint density at radius 2 is 1.94 bits per heavy atom. The van der Waals surface area contributed by atoms with Crippen LogP contribution in [0, 0.1) is 6.92 Å². The summed E-state index contributed by atoms with van der Waals surface area (Å²) in [6, 6.07) is 9.55. The van der Waals surface area contributed by atoms with Crippen LogP contribution < -0.4 is 10.4 Å². The molecule has 0 aliphatic carbocycles. The van der Waals surface area contributed by atoms with Crippen LogP contribution in [-0.2, 0) is 16.0 Å². The Balaban J connectivity index is 1.63. The lowest BCUT2D eigenvalue weighted by Crippen LogP contribution is -2.05. The van der Waals surface area contributed by atoms with E-state index >= 15 is 0 Å². The molecule has 0 amide bonds. The van der Waals surface area contributed by atoms with Crippen LogP contribution in [0.5, 0.6) is 5.88 Å². The van der Waals surface area contributed by atoms with Crippen molar-refractivity contribution in [1.29, 1.82) is 0 Å². The molecule has 1 aromatic carbocycles. The van der Waals surface area contributed by atoms with Gasteiger partial charge in [0.2, 0.25) is 5.88 Å². The predicted octanol–water partition coefficient (Wildman–Crippen LogP) is 5.00. The average molecular weight is 421 g/mol. The van der Waals surface area contributed by atoms with Crippen LogP contribution in [0.3, 0.4) is 0 Å². The first-order valence-corrected chi connectivity index (χ1v) is 10.5. The van der Waals surface area contributed by atoms with Gasteiger partial charge in [-0.25, -0.2) is 14.6 Å². The van der Waals surface area contributed by atoms with Crippen molar-refractivity contribution < 1.29 is 18.7 Å². The molecule has 0 atom stereocenters. The van der Waals surface area contributed by atoms with Gasteiger partial charge in [0.1, 0.15) is 5.58 Å². The average Bonchev–Trinajstić information content (AvgIpc) is 2.77. The molecule has 0 unspecified atom stereocenters. The van der Waals surface area contributed by atoms with Gasteiger partial charge in [0.25, 0.3) is 0 Å². The zero-order valence-electron chi connectivity index (χ0n) is 18.0. The van der Waals surface area contributed by atoms with Gasteiger partial charge in [0.15, 0.2) is 0 Å². The van der Waals surface area contributed by atoms with Crippen molar-refractivity contribution >= 4 is 16.9 Å². The molecule has 2 heterocycles. The molecule has 6 nitrogen and oxygen atoms in total. The molecule has 2 aromatic heterocycles. The first-order valence-electron chi connectivity index (χ1n) is 10.5. The van der Waals surface area contributed by atoms with Crippen LogP contribution in [0.1, 0.15) is 37.3 Å². The third kappa shape index (κ3) is 5.81. The maximum absolute atomic E-state index is 12.6. The molecule has 0 aliphatic rings. The first kappa shape index (κ1) is 22.3. The van der Waals surface area contributed by atoms with E-state index in [1.165, 1.54) is 5.56 Å². The van der Waals surface area contributed by atoms with Crippen LogP contribution in [0.15, 0.2) is 58.4 Å². The van der Waals surface area contributed by atoms with Crippen molar-refractivity contribution in [2.75, 3.05) is 13.2 Å². The van der Waals surface area contributed by atoms with E-state index < -0.39 is 5.97 Å². The molecule has 3 rings (SSSR count). The minimum atomic E-state index is -0.408. The molecule has 0 aliphatic heterocycles. The number of benzene rings is 1. The first-order chi connectivity index (χ1) is 15.0. The monoisotopic (exact) mass is 421 g/mol. The SMILES string of the molecule is C=CC(=O)OCCCCCOc1cc2oc(=O)c(-c3ccc(CC)cc3C)cc2cn1. The number of pyridine rings is 1. The fraction of sp³-hybridized carbons (Fsp3) is 0.320. The van der Waals surface area contributed by atoms with Gasteiger partial charge in [-0.05, 0) is 55.4 Å². The molecule has 0 saturated heterocycles. The van der Waals surface area contributed by atoms with Crippen LogP contribution >= 0.6 is 0 Å². The van der Waals surface area contributed by atoms with Gasteiger partial charge >= 0.3 is 11.6 Å². The second-order valence-corrected chi connectivity index (χ2v) is 7.29. The normalized spacial score (nSPS) is 10.8. The zero-order valence-corrected chi connectivity index (χ0v) is 18.0. The van der Waals surface area contributed by atoms with Gasteiger partial charge in [0, 0.05) is 23.7 Å². The summed E-state index contributed by atoms with van der Waals surface area (Å²) >= 11 is 0. The number of aryl methyl sites for hydroxylation is 2. The van der Waals surface area contributed by atoms with Gasteiger partial charge in [-0.3, -0.25) is 0 Å². The van der Waals surface area contributed by atoms with E-state index in [2.05, 4.69) is 24.6 Å². The van der Waals surface area contributed by atoms with E-state index in [-0.39, 0.29) is 5.63 Å². The number of carbonyl (C=O) groups is 1. The Morgan fingerprint density at radius 1 is 1.13 bits per heavy atom. The van der Waals surface area contributed by atoms with Crippen molar-refractivity contribution in [2.24, 2.45) is 0 Å². The van der Waals surface area contributed by atoms with E-state index in [1.807, 2.05) is 25.1 Å². The van der Waals surface area contributed by atoms with Gasteiger partial charge in [-0.2, -0.15) is 0 Å². The summed E-state index contributed by atoms with van der Waals surface area (Å²) in [6.07, 6.45) is 6.15. The fourth-order valence-electron chi connectivity index (χ4n) is 3.30. The number of carbonyl (C=O) groups excluding carboxylic acids is 1. The molecule has 6 heteroatoms. The Labute approximate surface area is 181 Å². The molecular formula is C25H27NO5. The summed E-state index contributed by atoms with van der Waals surface area (Å²) in [5, 5.41) is 0.741. The molecule has 162 valence electrons. The van der Waals surface area contributed by atoms with E-state index in [0.717, 1.165) is 48.3 Å². The Kier molecular flexibility index (Phi) is 7.60. The molecule has 0 spiro atoms. The molecule has 0 saturated carbocycles. The van der Waals surface area contributed by atoms with Gasteiger partial charge in [-0.1, -0.05) is 31.7 Å². The second-order valence-electron chi connectivity index (χ2n) is 7.29. The highest BCUT2D eigenvalue weighted by Crippen LogP contribution is 2.26. The summed E-state index contributed by atoms with van der Waals surface area (Å²) in [4.78, 5) is 27.9. The Hall–Kier alpha value is -3.41. The third-order valence-electron chi connectivity index (χ3n) is 5.03. The molecule has 0 N–H and O–H groups in total. The van der Waals surface area contributed by atoms with Crippen LogP contribution in [0.25, 0.3) is 22.1 Å². The zero-order chi connectivity index (χ0) is 22.2. The molecule has 0 bridgehead atoms. The Morgan fingerprint density at radius 3 is 2.68 bits per heavy atom. The summed E-state index contributed by atoms with van der Waals surface area (Å²) < 4.78 is 16.1. The fourth-order valence-corrected chi connectivity index (χ4v) is 3.30. The maximum Gasteiger partial charge on any atom is 0.344 e. The predicted molar refractivity (Wildman–Crippen MR) is 120 cm³/mol. The van der Waals surface area contributed by atoms with Crippen LogP contribution in [-0.4, -0.2) is 24.2 Å². The third-order valence-corrected chi connectivity index (χ3v) is 5.03. The summed E-state index contributed by atoms with van der Waals surface area (Å²) in [6.45, 7) is 8.29. The van der Waals surface area contributed by atoms with Gasteiger partial charge in [0.05, 0.1) is 18.8 Å². The highest BCUT2D eigenvalue weighted by atomic mass is 16.5. The van der Waals surface area contributed by atoms with Crippen molar-refractivity contribution in [3.63, 3.8) is 0 Å². The number of hydrogen-bond donors (Lipinski definition) is 0. The number of hydrogen-bond acceptors (Lipinski definition) is 6. The van der Waals surface area contributed by atoms with E-state index in [4.69, 9.17) is 13.9 Å². The lowest BCUT2D eigenvalue weighted by Gasteiger charge is -2.09. The lowest BCUT2D eigenvalue weighted by atomic mass is 9.98.